The van der Waals surface area contributed by atoms with Gasteiger partial charge in [0.15, 0.2) is 17.7 Å². The third-order valence-corrected chi connectivity index (χ3v) is 8.58. The lowest BCUT2D eigenvalue weighted by Crippen LogP contribution is -2.53. The Kier molecular flexibility index (Phi) is 9.99. The summed E-state index contributed by atoms with van der Waals surface area (Å²) in [6.07, 6.45) is -0.354. The fourth-order valence-electron chi connectivity index (χ4n) is 6.18. The van der Waals surface area contributed by atoms with Gasteiger partial charge in [-0.05, 0) is 58.6 Å². The maximum atomic E-state index is 13.4. The van der Waals surface area contributed by atoms with Crippen LogP contribution in [0.1, 0.15) is 54.4 Å². The maximum absolute atomic E-state index is 13.4. The van der Waals surface area contributed by atoms with Crippen molar-refractivity contribution in [1.29, 1.82) is 0 Å². The molecular weight excluding hydrogens is 524 g/mol. The van der Waals surface area contributed by atoms with Crippen LogP contribution in [0.4, 0.5) is 22.1 Å². The molecule has 41 heavy (non-hydrogen) atoms. The van der Waals surface area contributed by atoms with Crippen LogP contribution < -0.4 is 14.7 Å². The quantitative estimate of drug-likeness (QED) is 0.350. The molecule has 3 aliphatic rings. The zero-order valence-electron chi connectivity index (χ0n) is 25.7. The van der Waals surface area contributed by atoms with Gasteiger partial charge in [-0.2, -0.15) is 0 Å². The summed E-state index contributed by atoms with van der Waals surface area (Å²) >= 11 is 0. The van der Waals surface area contributed by atoms with Crippen LogP contribution in [0.25, 0.3) is 0 Å². The molecule has 4 rings (SSSR count). The standard InChI is InChI=1S/C30H48N6O5/c1-7-32(8-2)23-12-13-24(33(9-3)10-4)31-27(23)34-16-18-35(19-17-34)29(39)41-21-30-14-11-15-36(30)28(38)25(26(30)37)40-20-22(5)6/h12-13,22,25H,7-11,14-21H2,1-6H3. The largest absolute Gasteiger partial charge is 0.446 e. The molecule has 2 unspecified atom stereocenters. The molecule has 0 bridgehead atoms. The number of anilines is 3. The van der Waals surface area contributed by atoms with Gasteiger partial charge >= 0.3 is 6.09 Å². The van der Waals surface area contributed by atoms with E-state index in [0.717, 1.165) is 43.5 Å². The van der Waals surface area contributed by atoms with Crippen LogP contribution in [0.2, 0.25) is 0 Å². The number of hydrogen-bond donors (Lipinski definition) is 0. The lowest BCUT2D eigenvalue weighted by atomic mass is 9.93. The van der Waals surface area contributed by atoms with E-state index in [9.17, 15) is 14.4 Å². The summed E-state index contributed by atoms with van der Waals surface area (Å²) in [5, 5.41) is 0. The number of piperazine rings is 1. The van der Waals surface area contributed by atoms with E-state index in [-0.39, 0.29) is 24.2 Å². The van der Waals surface area contributed by atoms with Gasteiger partial charge in [0.05, 0.1) is 12.3 Å². The first-order chi connectivity index (χ1) is 19.7. The number of carbonyl (C=O) groups is 3. The number of rotatable bonds is 12. The van der Waals surface area contributed by atoms with E-state index < -0.39 is 17.7 Å². The number of hydrogen-bond acceptors (Lipinski definition) is 9. The van der Waals surface area contributed by atoms with Crippen molar-refractivity contribution in [2.24, 2.45) is 5.92 Å². The molecule has 228 valence electrons. The van der Waals surface area contributed by atoms with Gasteiger partial charge in [0.1, 0.15) is 18.0 Å². The minimum absolute atomic E-state index is 0.127. The smallest absolute Gasteiger partial charge is 0.409 e. The van der Waals surface area contributed by atoms with Crippen molar-refractivity contribution < 1.29 is 23.9 Å². The van der Waals surface area contributed by atoms with Crippen LogP contribution in [0, 0.1) is 5.92 Å². The Hall–Kier alpha value is -3.08. The summed E-state index contributed by atoms with van der Waals surface area (Å²) in [5.41, 5.74) is -0.00932. The molecule has 4 heterocycles. The van der Waals surface area contributed by atoms with Gasteiger partial charge < -0.3 is 34.0 Å². The van der Waals surface area contributed by atoms with Crippen molar-refractivity contribution >= 4 is 35.1 Å². The first kappa shape index (κ1) is 30.9. The molecule has 3 aliphatic heterocycles. The third-order valence-electron chi connectivity index (χ3n) is 8.58. The first-order valence-corrected chi connectivity index (χ1v) is 15.4. The summed E-state index contributed by atoms with van der Waals surface area (Å²) in [6.45, 7) is 18.9. The molecule has 1 aromatic heterocycles. The maximum Gasteiger partial charge on any atom is 0.409 e. The Morgan fingerprint density at radius 3 is 2.27 bits per heavy atom. The van der Waals surface area contributed by atoms with Crippen molar-refractivity contribution in [2.45, 2.75) is 66.0 Å². The summed E-state index contributed by atoms with van der Waals surface area (Å²) in [4.78, 5) is 54.6. The van der Waals surface area contributed by atoms with Gasteiger partial charge in [-0.1, -0.05) is 13.8 Å². The van der Waals surface area contributed by atoms with Gasteiger partial charge in [0, 0.05) is 58.9 Å². The molecule has 2 atom stereocenters. The molecular formula is C30H48N6O5. The van der Waals surface area contributed by atoms with Crippen LogP contribution in [0.5, 0.6) is 0 Å². The summed E-state index contributed by atoms with van der Waals surface area (Å²) in [5.74, 6) is 1.52. The van der Waals surface area contributed by atoms with Gasteiger partial charge in [0.2, 0.25) is 0 Å². The molecule has 0 N–H and O–H groups in total. The number of Topliss-reactive ketones (excluding diaryl/α,β-unsaturated/α-hetero) is 1. The minimum atomic E-state index is -1.11. The van der Waals surface area contributed by atoms with Gasteiger partial charge in [-0.25, -0.2) is 9.78 Å². The average molecular weight is 573 g/mol. The predicted molar refractivity (Wildman–Crippen MR) is 160 cm³/mol. The van der Waals surface area contributed by atoms with Crippen LogP contribution in [0.3, 0.4) is 0 Å². The summed E-state index contributed by atoms with van der Waals surface area (Å²) in [6, 6.07) is 4.26. The number of ether oxygens (including phenoxy) is 2. The highest BCUT2D eigenvalue weighted by atomic mass is 16.6. The van der Waals surface area contributed by atoms with E-state index in [1.165, 1.54) is 0 Å². The number of carbonyl (C=O) groups excluding carboxylic acids is 3. The molecule has 11 heteroatoms. The van der Waals surface area contributed by atoms with E-state index in [4.69, 9.17) is 14.5 Å². The topological polar surface area (TPSA) is 98.8 Å². The highest BCUT2D eigenvalue weighted by Crippen LogP contribution is 2.39. The van der Waals surface area contributed by atoms with Crippen LogP contribution >= 0.6 is 0 Å². The molecule has 2 amide bonds. The molecule has 0 radical (unpaired) electrons. The highest BCUT2D eigenvalue weighted by Gasteiger charge is 2.61. The zero-order valence-corrected chi connectivity index (χ0v) is 25.7. The van der Waals surface area contributed by atoms with Crippen LogP contribution in [-0.4, -0.2) is 116 Å². The SMILES string of the molecule is CCN(CC)c1ccc(N(CC)CC)c(N2CCN(C(=O)OCC34CCCN3C(=O)C(OCC(C)C)C4=O)CC2)n1. The number of pyridine rings is 1. The highest BCUT2D eigenvalue weighted by molar-refractivity contribution is 6.16. The fraction of sp³-hybridized carbons (Fsp3) is 0.733. The third kappa shape index (κ3) is 6.10. The van der Waals surface area contributed by atoms with Gasteiger partial charge in [0.25, 0.3) is 5.91 Å². The molecule has 0 spiro atoms. The average Bonchev–Trinajstić information content (AvgIpc) is 3.49. The Morgan fingerprint density at radius 2 is 1.66 bits per heavy atom. The number of amides is 2. The van der Waals surface area contributed by atoms with Crippen LogP contribution in [-0.2, 0) is 19.1 Å². The monoisotopic (exact) mass is 572 g/mol. The summed E-state index contributed by atoms with van der Waals surface area (Å²) in [7, 11) is 0. The Balaban J connectivity index is 1.41. The van der Waals surface area contributed by atoms with Crippen molar-refractivity contribution in [3.63, 3.8) is 0 Å². The van der Waals surface area contributed by atoms with Crippen molar-refractivity contribution in [3.8, 4) is 0 Å². The van der Waals surface area contributed by atoms with Crippen LogP contribution in [0.15, 0.2) is 12.1 Å². The normalized spacial score (nSPS) is 22.5. The van der Waals surface area contributed by atoms with E-state index in [2.05, 4.69) is 54.5 Å². The molecule has 3 fully saturated rings. The van der Waals surface area contributed by atoms with Crippen molar-refractivity contribution in [1.82, 2.24) is 14.8 Å². The second kappa shape index (κ2) is 13.3. The lowest BCUT2D eigenvalue weighted by molar-refractivity contribution is -0.141. The van der Waals surface area contributed by atoms with E-state index in [1.807, 2.05) is 13.8 Å². The number of ketones is 1. The Bertz CT molecular complexity index is 1080. The molecule has 3 saturated heterocycles. The second-order valence-electron chi connectivity index (χ2n) is 11.5. The summed E-state index contributed by atoms with van der Waals surface area (Å²) < 4.78 is 11.4. The lowest BCUT2D eigenvalue weighted by Gasteiger charge is -2.38. The Labute approximate surface area is 244 Å². The number of aromatic nitrogens is 1. The molecule has 11 nitrogen and oxygen atoms in total. The molecule has 0 aromatic carbocycles. The Morgan fingerprint density at radius 1 is 1.00 bits per heavy atom. The first-order valence-electron chi connectivity index (χ1n) is 15.4. The number of fused-ring (bicyclic) bond motifs is 1. The fourth-order valence-corrected chi connectivity index (χ4v) is 6.18. The molecule has 1 aromatic rings. The minimum Gasteiger partial charge on any atom is -0.446 e. The van der Waals surface area contributed by atoms with E-state index in [0.29, 0.717) is 52.2 Å². The zero-order chi connectivity index (χ0) is 29.7. The van der Waals surface area contributed by atoms with E-state index >= 15 is 0 Å². The van der Waals surface area contributed by atoms with E-state index in [1.54, 1.807) is 9.80 Å². The van der Waals surface area contributed by atoms with Crippen molar-refractivity contribution in [2.75, 3.05) is 86.8 Å². The van der Waals surface area contributed by atoms with Gasteiger partial charge in [-0.3, -0.25) is 9.59 Å². The molecule has 0 aliphatic carbocycles. The van der Waals surface area contributed by atoms with Gasteiger partial charge in [-0.15, -0.1) is 0 Å². The van der Waals surface area contributed by atoms with Crippen molar-refractivity contribution in [3.05, 3.63) is 12.1 Å². The second-order valence-corrected chi connectivity index (χ2v) is 11.5. The predicted octanol–water partition coefficient (Wildman–Crippen LogP) is 3.02. The number of nitrogens with zero attached hydrogens (tertiary/aromatic N) is 6. The molecule has 0 saturated carbocycles.